The maximum Gasteiger partial charge on any atom is 0.193 e. The van der Waals surface area contributed by atoms with Crippen LogP contribution in [0.15, 0.2) is 29.3 Å². The molecule has 136 valence electrons. The largest absolute Gasteiger partial charge is 0.495 e. The van der Waals surface area contributed by atoms with Gasteiger partial charge in [0.15, 0.2) is 5.96 Å². The maximum atomic E-state index is 5.46. The Bertz CT molecular complexity index is 505. The number of benzene rings is 1. The number of nitrogens with zero attached hydrogens (tertiary/aromatic N) is 3. The number of hydrogen-bond acceptors (Lipinski definition) is 4. The molecule has 0 radical (unpaired) electrons. The lowest BCUT2D eigenvalue weighted by atomic mass is 10.2. The maximum absolute atomic E-state index is 5.46. The van der Waals surface area contributed by atoms with E-state index in [0.29, 0.717) is 6.61 Å². The van der Waals surface area contributed by atoms with E-state index in [4.69, 9.17) is 9.47 Å². The lowest BCUT2D eigenvalue weighted by Crippen LogP contribution is -2.53. The number of piperazine rings is 1. The second-order valence-electron chi connectivity index (χ2n) is 5.32. The Balaban J connectivity index is 0.00000288. The molecule has 0 unspecified atom stereocenters. The van der Waals surface area contributed by atoms with Crippen molar-refractivity contribution in [3.05, 3.63) is 24.3 Å². The first kappa shape index (κ1) is 20.8. The van der Waals surface area contributed by atoms with Crippen LogP contribution >= 0.6 is 24.0 Å². The van der Waals surface area contributed by atoms with Crippen LogP contribution in [-0.4, -0.2) is 71.0 Å². The molecule has 1 heterocycles. The van der Waals surface area contributed by atoms with Crippen molar-refractivity contribution in [3.63, 3.8) is 0 Å². The third-order valence-corrected chi connectivity index (χ3v) is 3.95. The predicted molar refractivity (Wildman–Crippen MR) is 110 cm³/mol. The van der Waals surface area contributed by atoms with E-state index in [1.165, 1.54) is 0 Å². The van der Waals surface area contributed by atoms with Crippen LogP contribution in [0.4, 0.5) is 5.69 Å². The molecule has 1 aliphatic heterocycles. The van der Waals surface area contributed by atoms with Gasteiger partial charge in [0.1, 0.15) is 5.75 Å². The molecule has 1 aromatic carbocycles. The van der Waals surface area contributed by atoms with Crippen molar-refractivity contribution >= 4 is 35.6 Å². The monoisotopic (exact) mass is 448 g/mol. The second-order valence-corrected chi connectivity index (χ2v) is 5.32. The molecule has 1 saturated heterocycles. The highest BCUT2D eigenvalue weighted by Gasteiger charge is 2.21. The van der Waals surface area contributed by atoms with Crippen LogP contribution in [0.2, 0.25) is 0 Å². The molecule has 7 heteroatoms. The average molecular weight is 448 g/mol. The van der Waals surface area contributed by atoms with Crippen molar-refractivity contribution in [1.82, 2.24) is 10.2 Å². The molecule has 1 N–H and O–H groups in total. The number of aliphatic imine (C=N–C) groups is 1. The van der Waals surface area contributed by atoms with Crippen LogP contribution in [0.1, 0.15) is 6.92 Å². The highest BCUT2D eigenvalue weighted by Crippen LogP contribution is 2.28. The molecule has 0 aromatic heterocycles. The Morgan fingerprint density at radius 2 is 1.92 bits per heavy atom. The molecule has 1 aromatic rings. The summed E-state index contributed by atoms with van der Waals surface area (Å²) >= 11 is 0. The van der Waals surface area contributed by atoms with Crippen molar-refractivity contribution in [1.29, 1.82) is 0 Å². The van der Waals surface area contributed by atoms with Crippen molar-refractivity contribution in [3.8, 4) is 5.75 Å². The van der Waals surface area contributed by atoms with Crippen LogP contribution in [0.3, 0.4) is 0 Å². The number of methoxy groups -OCH3 is 1. The minimum absolute atomic E-state index is 0. The van der Waals surface area contributed by atoms with E-state index in [2.05, 4.69) is 32.2 Å². The van der Waals surface area contributed by atoms with E-state index < -0.39 is 0 Å². The second kappa shape index (κ2) is 11.4. The normalized spacial score (nSPS) is 15.0. The minimum atomic E-state index is 0. The van der Waals surface area contributed by atoms with Gasteiger partial charge >= 0.3 is 0 Å². The van der Waals surface area contributed by atoms with Gasteiger partial charge in [-0.25, -0.2) is 0 Å². The van der Waals surface area contributed by atoms with E-state index in [0.717, 1.165) is 56.7 Å². The molecule has 0 bridgehead atoms. The zero-order valence-electron chi connectivity index (χ0n) is 14.8. The highest BCUT2D eigenvalue weighted by atomic mass is 127. The summed E-state index contributed by atoms with van der Waals surface area (Å²) in [5.41, 5.74) is 1.16. The van der Waals surface area contributed by atoms with E-state index >= 15 is 0 Å². The van der Waals surface area contributed by atoms with Crippen molar-refractivity contribution < 1.29 is 9.47 Å². The fourth-order valence-corrected chi connectivity index (χ4v) is 2.76. The van der Waals surface area contributed by atoms with E-state index in [1.807, 2.05) is 26.1 Å². The average Bonchev–Trinajstić information content (AvgIpc) is 2.62. The van der Waals surface area contributed by atoms with Gasteiger partial charge in [-0.3, -0.25) is 4.99 Å². The molecule has 0 aliphatic carbocycles. The van der Waals surface area contributed by atoms with E-state index in [-0.39, 0.29) is 24.0 Å². The first-order valence-electron chi connectivity index (χ1n) is 8.21. The number of hydrogen-bond donors (Lipinski definition) is 1. The topological polar surface area (TPSA) is 49.3 Å². The van der Waals surface area contributed by atoms with Crippen LogP contribution in [0.5, 0.6) is 5.75 Å². The van der Waals surface area contributed by atoms with Gasteiger partial charge in [-0.15, -0.1) is 24.0 Å². The molecule has 6 nitrogen and oxygen atoms in total. The third kappa shape index (κ3) is 5.70. The molecule has 24 heavy (non-hydrogen) atoms. The van der Waals surface area contributed by atoms with Gasteiger partial charge < -0.3 is 24.6 Å². The van der Waals surface area contributed by atoms with Crippen LogP contribution in [0.25, 0.3) is 0 Å². The predicted octanol–water partition coefficient (Wildman–Crippen LogP) is 2.05. The lowest BCUT2D eigenvalue weighted by molar-refractivity contribution is 0.151. The molecule has 0 atom stereocenters. The quantitative estimate of drug-likeness (QED) is 0.313. The SMILES string of the molecule is CCOCCNC(=NC)N1CCN(c2ccccc2OC)CC1.I. The number of halogens is 1. The van der Waals surface area contributed by atoms with Gasteiger partial charge in [0.2, 0.25) is 0 Å². The number of nitrogens with one attached hydrogen (secondary N) is 1. The van der Waals surface area contributed by atoms with E-state index in [1.54, 1.807) is 7.11 Å². The number of ether oxygens (including phenoxy) is 2. The molecule has 0 amide bonds. The summed E-state index contributed by atoms with van der Waals surface area (Å²) in [6.07, 6.45) is 0. The third-order valence-electron chi connectivity index (χ3n) is 3.95. The number of anilines is 1. The zero-order valence-corrected chi connectivity index (χ0v) is 17.2. The fourth-order valence-electron chi connectivity index (χ4n) is 2.76. The highest BCUT2D eigenvalue weighted by molar-refractivity contribution is 14.0. The van der Waals surface area contributed by atoms with Crippen molar-refractivity contribution in [2.45, 2.75) is 6.92 Å². The molecular formula is C17H29IN4O2. The number of guanidine groups is 1. The van der Waals surface area contributed by atoms with Crippen molar-refractivity contribution in [2.75, 3.05) is 65.0 Å². The first-order valence-corrected chi connectivity index (χ1v) is 8.21. The Morgan fingerprint density at radius 3 is 2.54 bits per heavy atom. The smallest absolute Gasteiger partial charge is 0.193 e. The lowest BCUT2D eigenvalue weighted by Gasteiger charge is -2.38. The first-order chi connectivity index (χ1) is 11.3. The molecule has 1 fully saturated rings. The van der Waals surface area contributed by atoms with Gasteiger partial charge in [-0.05, 0) is 19.1 Å². The Morgan fingerprint density at radius 1 is 1.21 bits per heavy atom. The summed E-state index contributed by atoms with van der Waals surface area (Å²) in [6.45, 7) is 8.02. The Kier molecular flexibility index (Phi) is 9.85. The van der Waals surface area contributed by atoms with Crippen molar-refractivity contribution in [2.24, 2.45) is 4.99 Å². The molecule has 1 aliphatic rings. The minimum Gasteiger partial charge on any atom is -0.495 e. The van der Waals surface area contributed by atoms with Crippen LogP contribution < -0.4 is 15.0 Å². The molecule has 2 rings (SSSR count). The summed E-state index contributed by atoms with van der Waals surface area (Å²) in [7, 11) is 3.55. The van der Waals surface area contributed by atoms with Crippen LogP contribution in [0, 0.1) is 0 Å². The van der Waals surface area contributed by atoms with Gasteiger partial charge in [-0.2, -0.15) is 0 Å². The standard InChI is InChI=1S/C17H28N4O2.HI/c1-4-23-14-9-19-17(18-2)21-12-10-20(11-13-21)15-7-5-6-8-16(15)22-3;/h5-8H,4,9-14H2,1-3H3,(H,18,19);1H. The zero-order chi connectivity index (χ0) is 16.5. The van der Waals surface area contributed by atoms with Gasteiger partial charge in [-0.1, -0.05) is 12.1 Å². The summed E-state index contributed by atoms with van der Waals surface area (Å²) in [6, 6.07) is 8.18. The summed E-state index contributed by atoms with van der Waals surface area (Å²) in [5.74, 6) is 1.88. The number of rotatable bonds is 6. The van der Waals surface area contributed by atoms with Gasteiger partial charge in [0.05, 0.1) is 19.4 Å². The Hall–Kier alpha value is -1.22. The summed E-state index contributed by atoms with van der Waals surface area (Å²) in [4.78, 5) is 9.03. The molecule has 0 saturated carbocycles. The van der Waals surface area contributed by atoms with Gasteiger partial charge in [0.25, 0.3) is 0 Å². The fraction of sp³-hybridized carbons (Fsp3) is 0.588. The van der Waals surface area contributed by atoms with E-state index in [9.17, 15) is 0 Å². The Labute approximate surface area is 162 Å². The summed E-state index contributed by atoms with van der Waals surface area (Å²) in [5, 5.41) is 3.36. The molecular weight excluding hydrogens is 419 g/mol. The summed E-state index contributed by atoms with van der Waals surface area (Å²) < 4.78 is 10.8. The van der Waals surface area contributed by atoms with Gasteiger partial charge in [0, 0.05) is 46.4 Å². The number of para-hydroxylation sites is 2. The molecule has 0 spiro atoms. The van der Waals surface area contributed by atoms with Crippen LogP contribution in [-0.2, 0) is 4.74 Å².